The zero-order valence-electron chi connectivity index (χ0n) is 11.9. The minimum atomic E-state index is -0.478. The summed E-state index contributed by atoms with van der Waals surface area (Å²) in [6.07, 6.45) is 0.749. The SMILES string of the molecule is CC(C)CC(C)OCC(O)CNc1ccc(I)cc1. The monoisotopic (exact) mass is 377 g/mol. The molecule has 0 amide bonds. The van der Waals surface area contributed by atoms with Crippen molar-refractivity contribution in [2.75, 3.05) is 18.5 Å². The molecule has 0 saturated carbocycles. The third-order valence-corrected chi connectivity index (χ3v) is 3.48. The zero-order valence-corrected chi connectivity index (χ0v) is 14.1. The number of aliphatic hydroxyl groups excluding tert-OH is 1. The van der Waals surface area contributed by atoms with Gasteiger partial charge in [0, 0.05) is 15.8 Å². The van der Waals surface area contributed by atoms with E-state index in [1.54, 1.807) is 0 Å². The highest BCUT2D eigenvalue weighted by Crippen LogP contribution is 2.11. The summed E-state index contributed by atoms with van der Waals surface area (Å²) in [5.74, 6) is 0.622. The number of hydrogen-bond acceptors (Lipinski definition) is 3. The van der Waals surface area contributed by atoms with Crippen LogP contribution in [0, 0.1) is 9.49 Å². The Morgan fingerprint density at radius 3 is 2.42 bits per heavy atom. The van der Waals surface area contributed by atoms with Crippen LogP contribution in [0.25, 0.3) is 0 Å². The molecule has 0 aliphatic heterocycles. The first kappa shape index (κ1) is 16.7. The molecule has 0 fully saturated rings. The molecule has 1 aromatic carbocycles. The second-order valence-corrected chi connectivity index (χ2v) is 6.56. The largest absolute Gasteiger partial charge is 0.389 e. The van der Waals surface area contributed by atoms with E-state index < -0.39 is 6.10 Å². The Balaban J connectivity index is 2.20. The highest BCUT2D eigenvalue weighted by atomic mass is 127. The van der Waals surface area contributed by atoms with Gasteiger partial charge in [-0.3, -0.25) is 0 Å². The van der Waals surface area contributed by atoms with Crippen molar-refractivity contribution < 1.29 is 9.84 Å². The van der Waals surface area contributed by atoms with Crippen LogP contribution in [0.2, 0.25) is 0 Å². The first-order chi connectivity index (χ1) is 8.97. The fourth-order valence-corrected chi connectivity index (χ4v) is 2.23. The minimum Gasteiger partial charge on any atom is -0.389 e. The number of nitrogens with one attached hydrogen (secondary N) is 1. The Bertz CT molecular complexity index is 354. The van der Waals surface area contributed by atoms with E-state index in [2.05, 4.69) is 48.7 Å². The molecule has 0 heterocycles. The van der Waals surface area contributed by atoms with Gasteiger partial charge in [-0.2, -0.15) is 0 Å². The Kier molecular flexibility index (Phi) is 7.71. The van der Waals surface area contributed by atoms with Crippen LogP contribution in [0.4, 0.5) is 5.69 Å². The Morgan fingerprint density at radius 2 is 1.84 bits per heavy atom. The average molecular weight is 377 g/mol. The highest BCUT2D eigenvalue weighted by molar-refractivity contribution is 14.1. The van der Waals surface area contributed by atoms with Crippen molar-refractivity contribution >= 4 is 28.3 Å². The van der Waals surface area contributed by atoms with Gasteiger partial charge in [-0.05, 0) is 66.1 Å². The molecule has 0 aromatic heterocycles. The van der Waals surface area contributed by atoms with Gasteiger partial charge in [0.2, 0.25) is 0 Å². The van der Waals surface area contributed by atoms with Crippen molar-refractivity contribution in [2.24, 2.45) is 5.92 Å². The molecule has 2 unspecified atom stereocenters. The predicted octanol–water partition coefficient (Wildman–Crippen LogP) is 3.52. The van der Waals surface area contributed by atoms with Crippen molar-refractivity contribution in [3.8, 4) is 0 Å². The van der Waals surface area contributed by atoms with Gasteiger partial charge in [0.1, 0.15) is 0 Å². The molecule has 2 N–H and O–H groups in total. The molecule has 4 heteroatoms. The normalized spacial score (nSPS) is 14.4. The van der Waals surface area contributed by atoms with Gasteiger partial charge in [0.05, 0.1) is 18.8 Å². The second kappa shape index (κ2) is 8.76. The number of ether oxygens (including phenoxy) is 1. The molecule has 0 radical (unpaired) electrons. The average Bonchev–Trinajstić information content (AvgIpc) is 2.35. The summed E-state index contributed by atoms with van der Waals surface area (Å²) in [6.45, 7) is 7.29. The van der Waals surface area contributed by atoms with Crippen molar-refractivity contribution in [2.45, 2.75) is 39.4 Å². The number of anilines is 1. The van der Waals surface area contributed by atoms with Crippen molar-refractivity contribution in [1.29, 1.82) is 0 Å². The predicted molar refractivity (Wildman–Crippen MR) is 88.5 cm³/mol. The number of benzene rings is 1. The van der Waals surface area contributed by atoms with E-state index in [-0.39, 0.29) is 6.10 Å². The quantitative estimate of drug-likeness (QED) is 0.682. The van der Waals surface area contributed by atoms with Gasteiger partial charge in [-0.1, -0.05) is 13.8 Å². The van der Waals surface area contributed by atoms with Crippen LogP contribution in [0.15, 0.2) is 24.3 Å². The molecule has 1 aromatic rings. The molecule has 19 heavy (non-hydrogen) atoms. The van der Waals surface area contributed by atoms with E-state index in [1.807, 2.05) is 24.3 Å². The molecular weight excluding hydrogens is 353 g/mol. The number of hydrogen-bond donors (Lipinski definition) is 2. The van der Waals surface area contributed by atoms with Crippen LogP contribution in [-0.4, -0.2) is 30.5 Å². The summed E-state index contributed by atoms with van der Waals surface area (Å²) in [6, 6.07) is 8.10. The fourth-order valence-electron chi connectivity index (χ4n) is 1.87. The summed E-state index contributed by atoms with van der Waals surface area (Å²) in [5, 5.41) is 13.1. The summed E-state index contributed by atoms with van der Waals surface area (Å²) in [4.78, 5) is 0. The van der Waals surface area contributed by atoms with Crippen molar-refractivity contribution in [3.05, 3.63) is 27.8 Å². The third-order valence-electron chi connectivity index (χ3n) is 2.76. The van der Waals surface area contributed by atoms with Gasteiger partial charge in [0.25, 0.3) is 0 Å². The fraction of sp³-hybridized carbons (Fsp3) is 0.600. The van der Waals surface area contributed by atoms with E-state index in [4.69, 9.17) is 4.74 Å². The second-order valence-electron chi connectivity index (χ2n) is 5.32. The summed E-state index contributed by atoms with van der Waals surface area (Å²) in [7, 11) is 0. The summed E-state index contributed by atoms with van der Waals surface area (Å²) >= 11 is 2.27. The van der Waals surface area contributed by atoms with E-state index >= 15 is 0 Å². The van der Waals surface area contributed by atoms with E-state index in [0.29, 0.717) is 19.1 Å². The van der Waals surface area contributed by atoms with Gasteiger partial charge < -0.3 is 15.2 Å². The third kappa shape index (κ3) is 7.74. The molecule has 0 aliphatic rings. The number of rotatable bonds is 8. The topological polar surface area (TPSA) is 41.5 Å². The van der Waals surface area contributed by atoms with Crippen LogP contribution in [0.1, 0.15) is 27.2 Å². The number of aliphatic hydroxyl groups is 1. The van der Waals surface area contributed by atoms with Crippen molar-refractivity contribution in [1.82, 2.24) is 0 Å². The highest BCUT2D eigenvalue weighted by Gasteiger charge is 2.09. The minimum absolute atomic E-state index is 0.202. The lowest BCUT2D eigenvalue weighted by Gasteiger charge is -2.18. The lowest BCUT2D eigenvalue weighted by Crippen LogP contribution is -2.27. The summed E-state index contributed by atoms with van der Waals surface area (Å²) < 4.78 is 6.83. The molecule has 0 bridgehead atoms. The lowest BCUT2D eigenvalue weighted by atomic mass is 10.1. The van der Waals surface area contributed by atoms with Crippen molar-refractivity contribution in [3.63, 3.8) is 0 Å². The van der Waals surface area contributed by atoms with Crippen LogP contribution in [0.3, 0.4) is 0 Å². The van der Waals surface area contributed by atoms with E-state index in [1.165, 1.54) is 3.57 Å². The maximum absolute atomic E-state index is 9.86. The van der Waals surface area contributed by atoms with E-state index in [0.717, 1.165) is 12.1 Å². The van der Waals surface area contributed by atoms with E-state index in [9.17, 15) is 5.11 Å². The maximum atomic E-state index is 9.86. The first-order valence-electron chi connectivity index (χ1n) is 6.76. The molecule has 1 rings (SSSR count). The van der Waals surface area contributed by atoms with Crippen LogP contribution in [-0.2, 0) is 4.74 Å². The molecule has 0 aliphatic carbocycles. The van der Waals surface area contributed by atoms with Crippen LogP contribution < -0.4 is 5.32 Å². The Labute approximate surface area is 129 Å². The molecule has 0 saturated heterocycles. The van der Waals surface area contributed by atoms with Gasteiger partial charge >= 0.3 is 0 Å². The van der Waals surface area contributed by atoms with Crippen LogP contribution >= 0.6 is 22.6 Å². The van der Waals surface area contributed by atoms with Crippen LogP contribution in [0.5, 0.6) is 0 Å². The van der Waals surface area contributed by atoms with Gasteiger partial charge in [0.15, 0.2) is 0 Å². The molecule has 2 atom stereocenters. The molecule has 108 valence electrons. The van der Waals surface area contributed by atoms with Gasteiger partial charge in [-0.25, -0.2) is 0 Å². The molecular formula is C15H24INO2. The first-order valence-corrected chi connectivity index (χ1v) is 7.84. The Morgan fingerprint density at radius 1 is 1.21 bits per heavy atom. The Hall–Kier alpha value is -0.330. The zero-order chi connectivity index (χ0) is 14.3. The summed E-state index contributed by atoms with van der Waals surface area (Å²) in [5.41, 5.74) is 1.02. The standard InChI is InChI=1S/C15H24INO2/c1-11(2)8-12(3)19-10-15(18)9-17-14-6-4-13(16)5-7-14/h4-7,11-12,15,17-18H,8-10H2,1-3H3. The molecule has 3 nitrogen and oxygen atoms in total. The smallest absolute Gasteiger partial charge is 0.0945 e. The molecule has 0 spiro atoms. The number of halogens is 1. The van der Waals surface area contributed by atoms with Gasteiger partial charge in [-0.15, -0.1) is 0 Å². The lowest BCUT2D eigenvalue weighted by molar-refractivity contribution is -0.00443. The maximum Gasteiger partial charge on any atom is 0.0945 e.